The smallest absolute Gasteiger partial charge is 0.235 e. The van der Waals surface area contributed by atoms with Crippen molar-refractivity contribution in [2.75, 3.05) is 20.3 Å². The molecule has 18 heavy (non-hydrogen) atoms. The van der Waals surface area contributed by atoms with Crippen LogP contribution in [-0.2, 0) is 9.53 Å². The van der Waals surface area contributed by atoms with Crippen LogP contribution < -0.4 is 5.73 Å². The van der Waals surface area contributed by atoms with Crippen molar-refractivity contribution in [2.45, 2.75) is 39.7 Å². The molecule has 0 aliphatic heterocycles. The van der Waals surface area contributed by atoms with Crippen molar-refractivity contribution < 1.29 is 9.53 Å². The number of carbonyl (C=O) groups is 1. The fourth-order valence-electron chi connectivity index (χ4n) is 2.87. The SMILES string of the molecule is CCN(C(=O)C1(C(N)=S)CC(C)C1)C(C)COC. The van der Waals surface area contributed by atoms with Crippen molar-refractivity contribution in [3.05, 3.63) is 0 Å². The second kappa shape index (κ2) is 5.97. The third-order valence-corrected chi connectivity index (χ3v) is 4.21. The Morgan fingerprint density at radius 1 is 1.61 bits per heavy atom. The number of hydrogen-bond donors (Lipinski definition) is 1. The van der Waals surface area contributed by atoms with E-state index in [0.717, 1.165) is 12.8 Å². The standard InChI is InChI=1S/C13H24N2O2S/c1-5-15(10(3)8-17-4)12(16)13(11(14)18)6-9(2)7-13/h9-10H,5-8H2,1-4H3,(H2,14,18). The fraction of sp³-hybridized carbons (Fsp3) is 0.846. The molecule has 1 saturated carbocycles. The second-order valence-corrected chi connectivity index (χ2v) is 5.80. The van der Waals surface area contributed by atoms with E-state index in [0.29, 0.717) is 24.1 Å². The van der Waals surface area contributed by atoms with Gasteiger partial charge in [0.05, 0.1) is 23.1 Å². The third kappa shape index (κ3) is 2.67. The lowest BCUT2D eigenvalue weighted by Gasteiger charge is -2.47. The molecule has 2 N–H and O–H groups in total. The van der Waals surface area contributed by atoms with Crippen LogP contribution in [-0.4, -0.2) is 42.1 Å². The van der Waals surface area contributed by atoms with Crippen LogP contribution in [0.1, 0.15) is 33.6 Å². The Bertz CT molecular complexity index is 327. The number of likely N-dealkylation sites (N-methyl/N-ethyl adjacent to an activating group) is 1. The van der Waals surface area contributed by atoms with Crippen LogP contribution in [0.4, 0.5) is 0 Å². The minimum absolute atomic E-state index is 0.0506. The lowest BCUT2D eigenvalue weighted by Crippen LogP contribution is -2.59. The number of methoxy groups -OCH3 is 1. The van der Waals surface area contributed by atoms with Crippen molar-refractivity contribution in [1.82, 2.24) is 4.90 Å². The van der Waals surface area contributed by atoms with Crippen molar-refractivity contribution in [2.24, 2.45) is 17.1 Å². The molecule has 0 bridgehead atoms. The highest BCUT2D eigenvalue weighted by molar-refractivity contribution is 7.80. The van der Waals surface area contributed by atoms with E-state index in [1.165, 1.54) is 0 Å². The van der Waals surface area contributed by atoms with E-state index in [1.807, 2.05) is 18.7 Å². The summed E-state index contributed by atoms with van der Waals surface area (Å²) in [6.45, 7) is 7.27. The first-order valence-corrected chi connectivity index (χ1v) is 6.89. The number of thiocarbonyl (C=S) groups is 1. The van der Waals surface area contributed by atoms with Crippen LogP contribution in [0.3, 0.4) is 0 Å². The minimum atomic E-state index is -0.604. The Balaban J connectivity index is 2.85. The number of amides is 1. The maximum absolute atomic E-state index is 12.7. The van der Waals surface area contributed by atoms with Gasteiger partial charge in [0, 0.05) is 13.7 Å². The lowest BCUT2D eigenvalue weighted by molar-refractivity contribution is -0.147. The Labute approximate surface area is 115 Å². The highest BCUT2D eigenvalue weighted by Gasteiger charge is 2.52. The van der Waals surface area contributed by atoms with Gasteiger partial charge in [-0.1, -0.05) is 19.1 Å². The maximum Gasteiger partial charge on any atom is 0.235 e. The molecule has 104 valence electrons. The molecule has 1 fully saturated rings. The largest absolute Gasteiger partial charge is 0.392 e. The Kier molecular flexibility index (Phi) is 5.10. The van der Waals surface area contributed by atoms with Gasteiger partial charge in [-0.2, -0.15) is 0 Å². The topological polar surface area (TPSA) is 55.6 Å². The summed E-state index contributed by atoms with van der Waals surface area (Å²) in [5, 5.41) is 0. The van der Waals surface area contributed by atoms with E-state index in [1.54, 1.807) is 7.11 Å². The van der Waals surface area contributed by atoms with Crippen LogP contribution in [0, 0.1) is 11.3 Å². The van der Waals surface area contributed by atoms with Gasteiger partial charge in [0.15, 0.2) is 0 Å². The van der Waals surface area contributed by atoms with Crippen molar-refractivity contribution >= 4 is 23.1 Å². The van der Waals surface area contributed by atoms with Gasteiger partial charge in [-0.3, -0.25) is 4.79 Å². The summed E-state index contributed by atoms with van der Waals surface area (Å²) in [7, 11) is 1.64. The number of carbonyl (C=O) groups excluding carboxylic acids is 1. The van der Waals surface area contributed by atoms with Gasteiger partial charge < -0.3 is 15.4 Å². The molecule has 0 aromatic carbocycles. The van der Waals surface area contributed by atoms with Gasteiger partial charge in [-0.15, -0.1) is 0 Å². The summed E-state index contributed by atoms with van der Waals surface area (Å²) < 4.78 is 5.12. The zero-order valence-corrected chi connectivity index (χ0v) is 12.5. The van der Waals surface area contributed by atoms with E-state index in [4.69, 9.17) is 22.7 Å². The van der Waals surface area contributed by atoms with Crippen LogP contribution in [0.2, 0.25) is 0 Å². The molecule has 0 saturated heterocycles. The van der Waals surface area contributed by atoms with Gasteiger partial charge in [-0.05, 0) is 32.6 Å². The molecule has 1 rings (SSSR count). The van der Waals surface area contributed by atoms with Crippen LogP contribution in [0.25, 0.3) is 0 Å². The number of ether oxygens (including phenoxy) is 1. The number of hydrogen-bond acceptors (Lipinski definition) is 3. The van der Waals surface area contributed by atoms with Gasteiger partial charge in [0.2, 0.25) is 5.91 Å². The molecule has 1 amide bonds. The molecule has 1 atom stereocenters. The molecule has 0 radical (unpaired) electrons. The van der Waals surface area contributed by atoms with Crippen LogP contribution in [0.5, 0.6) is 0 Å². The number of nitrogens with zero attached hydrogens (tertiary/aromatic N) is 1. The molecule has 0 aromatic heterocycles. The zero-order chi connectivity index (χ0) is 13.9. The quantitative estimate of drug-likeness (QED) is 0.746. The minimum Gasteiger partial charge on any atom is -0.392 e. The molecule has 4 nitrogen and oxygen atoms in total. The molecule has 0 heterocycles. The predicted molar refractivity (Wildman–Crippen MR) is 76.3 cm³/mol. The fourth-order valence-corrected chi connectivity index (χ4v) is 3.13. The lowest BCUT2D eigenvalue weighted by atomic mass is 9.61. The Morgan fingerprint density at radius 3 is 2.50 bits per heavy atom. The predicted octanol–water partition coefficient (Wildman–Crippen LogP) is 1.57. The number of rotatable bonds is 6. The van der Waals surface area contributed by atoms with Gasteiger partial charge in [-0.25, -0.2) is 0 Å². The van der Waals surface area contributed by atoms with Crippen molar-refractivity contribution in [3.8, 4) is 0 Å². The molecule has 1 aliphatic carbocycles. The van der Waals surface area contributed by atoms with Gasteiger partial charge in [0.1, 0.15) is 0 Å². The molecule has 0 aromatic rings. The third-order valence-electron chi connectivity index (χ3n) is 3.82. The summed E-state index contributed by atoms with van der Waals surface area (Å²) in [5.41, 5.74) is 5.21. The highest BCUT2D eigenvalue weighted by atomic mass is 32.1. The van der Waals surface area contributed by atoms with E-state index in [2.05, 4.69) is 6.92 Å². The first-order valence-electron chi connectivity index (χ1n) is 6.49. The highest BCUT2D eigenvalue weighted by Crippen LogP contribution is 2.47. The average Bonchev–Trinajstić information content (AvgIpc) is 2.25. The summed E-state index contributed by atoms with van der Waals surface area (Å²) in [4.78, 5) is 14.9. The monoisotopic (exact) mass is 272 g/mol. The van der Waals surface area contributed by atoms with Crippen molar-refractivity contribution in [3.63, 3.8) is 0 Å². The molecular weight excluding hydrogens is 248 g/mol. The van der Waals surface area contributed by atoms with E-state index >= 15 is 0 Å². The first-order chi connectivity index (χ1) is 8.39. The second-order valence-electron chi connectivity index (χ2n) is 5.36. The van der Waals surface area contributed by atoms with E-state index < -0.39 is 5.41 Å². The summed E-state index contributed by atoms with van der Waals surface area (Å²) >= 11 is 5.13. The number of nitrogens with two attached hydrogens (primary N) is 1. The molecule has 1 unspecified atom stereocenters. The van der Waals surface area contributed by atoms with Gasteiger partial charge >= 0.3 is 0 Å². The summed E-state index contributed by atoms with van der Waals surface area (Å²) in [6.07, 6.45) is 1.55. The Hall–Kier alpha value is -0.680. The normalized spacial score (nSPS) is 28.3. The van der Waals surface area contributed by atoms with Crippen LogP contribution in [0.15, 0.2) is 0 Å². The Morgan fingerprint density at radius 2 is 2.17 bits per heavy atom. The summed E-state index contributed by atoms with van der Waals surface area (Å²) in [6, 6.07) is 0.0506. The first kappa shape index (κ1) is 15.4. The molecular formula is C13H24N2O2S. The average molecular weight is 272 g/mol. The maximum atomic E-state index is 12.7. The summed E-state index contributed by atoms with van der Waals surface area (Å²) in [5.74, 6) is 0.590. The van der Waals surface area contributed by atoms with Crippen molar-refractivity contribution in [1.29, 1.82) is 0 Å². The van der Waals surface area contributed by atoms with Crippen LogP contribution >= 0.6 is 12.2 Å². The van der Waals surface area contributed by atoms with E-state index in [9.17, 15) is 4.79 Å². The zero-order valence-electron chi connectivity index (χ0n) is 11.7. The molecule has 1 aliphatic rings. The molecule has 5 heteroatoms. The van der Waals surface area contributed by atoms with E-state index in [-0.39, 0.29) is 11.9 Å². The van der Waals surface area contributed by atoms with Gasteiger partial charge in [0.25, 0.3) is 0 Å². The molecule has 0 spiro atoms.